The first-order valence-corrected chi connectivity index (χ1v) is 28.8. The number of anilines is 9. The summed E-state index contributed by atoms with van der Waals surface area (Å²) in [7, 11) is 0. The highest BCUT2D eigenvalue weighted by atomic mass is 32.1. The molecule has 3 nitrogen and oxygen atoms in total. The Labute approximate surface area is 457 Å². The van der Waals surface area contributed by atoms with Crippen molar-refractivity contribution in [3.05, 3.63) is 203 Å². The largest absolute Gasteiger partial charge is 0.311 e. The van der Waals surface area contributed by atoms with Crippen LogP contribution in [0.25, 0.3) is 21.2 Å². The molecule has 2 aliphatic carbocycles. The van der Waals surface area contributed by atoms with Crippen molar-refractivity contribution in [2.24, 2.45) is 0 Å². The number of hydrogen-bond donors (Lipinski definition) is 0. The van der Waals surface area contributed by atoms with Crippen LogP contribution in [0.3, 0.4) is 0 Å². The predicted molar refractivity (Wildman–Crippen MR) is 330 cm³/mol. The molecule has 5 heteroatoms. The number of fused-ring (bicyclic) bond motifs is 8. The first-order valence-electron chi connectivity index (χ1n) is 28.0. The summed E-state index contributed by atoms with van der Waals surface area (Å²) in [6, 6.07) is 65.5. The van der Waals surface area contributed by atoms with E-state index in [1.807, 2.05) is 11.3 Å². The van der Waals surface area contributed by atoms with Crippen LogP contribution in [-0.4, -0.2) is 6.71 Å². The van der Waals surface area contributed by atoms with Crippen LogP contribution in [0.4, 0.5) is 51.2 Å². The third-order valence-corrected chi connectivity index (χ3v) is 19.5. The van der Waals surface area contributed by atoms with Crippen LogP contribution >= 0.6 is 11.3 Å². The molecule has 0 unspecified atom stereocenters. The number of nitrogens with zero attached hydrogens (tertiary/aromatic N) is 3. The molecule has 0 spiro atoms. The normalized spacial score (nSPS) is 17.3. The fraction of sp³-hybridized carbons (Fsp3) is 0.296. The summed E-state index contributed by atoms with van der Waals surface area (Å²) in [4.78, 5) is 7.82. The van der Waals surface area contributed by atoms with Crippen molar-refractivity contribution < 1.29 is 0 Å². The zero-order valence-electron chi connectivity index (χ0n) is 46.8. The lowest BCUT2D eigenvalue weighted by atomic mass is 9.36. The lowest BCUT2D eigenvalue weighted by Gasteiger charge is -2.45. The summed E-state index contributed by atoms with van der Waals surface area (Å²) in [6.07, 6.45) is 4.68. The monoisotopic (exact) mass is 1010 g/mol. The molecule has 0 saturated carbocycles. The van der Waals surface area contributed by atoms with Gasteiger partial charge in [0, 0.05) is 60.2 Å². The molecule has 0 N–H and O–H groups in total. The van der Waals surface area contributed by atoms with Crippen LogP contribution in [0.2, 0.25) is 0 Å². The Morgan fingerprint density at radius 3 is 1.64 bits per heavy atom. The molecule has 9 aromatic rings. The van der Waals surface area contributed by atoms with Crippen molar-refractivity contribution in [2.45, 2.75) is 136 Å². The van der Waals surface area contributed by atoms with Gasteiger partial charge in [-0.15, -0.1) is 11.3 Å². The third-order valence-electron chi connectivity index (χ3n) is 18.3. The maximum atomic E-state index is 2.72. The smallest absolute Gasteiger partial charge is 0.264 e. The van der Waals surface area contributed by atoms with Crippen molar-refractivity contribution in [1.82, 2.24) is 0 Å². The molecule has 0 bridgehead atoms. The number of aryl methyl sites for hydroxylation is 1. The zero-order valence-corrected chi connectivity index (χ0v) is 47.6. The van der Waals surface area contributed by atoms with Gasteiger partial charge in [-0.05, 0) is 194 Å². The highest BCUT2D eigenvalue weighted by Crippen LogP contribution is 2.55. The van der Waals surface area contributed by atoms with E-state index in [2.05, 4.69) is 268 Å². The Hall–Kier alpha value is -6.82. The molecule has 0 atom stereocenters. The van der Waals surface area contributed by atoms with E-state index in [-0.39, 0.29) is 33.8 Å². The Bertz CT molecular complexity index is 3740. The minimum atomic E-state index is -0.0342. The average molecular weight is 1010 g/mol. The zero-order chi connectivity index (χ0) is 52.8. The van der Waals surface area contributed by atoms with Gasteiger partial charge in [-0.1, -0.05) is 161 Å². The van der Waals surface area contributed by atoms with Crippen LogP contribution in [-0.2, 0) is 27.1 Å². The van der Waals surface area contributed by atoms with E-state index in [0.29, 0.717) is 0 Å². The maximum absolute atomic E-state index is 2.72. The molecule has 13 rings (SSSR count). The molecule has 0 fully saturated rings. The molecule has 4 aliphatic rings. The first-order chi connectivity index (χ1) is 36.2. The van der Waals surface area contributed by atoms with E-state index in [4.69, 9.17) is 0 Å². The number of para-hydroxylation sites is 2. The number of thiophene rings is 1. The molecule has 0 radical (unpaired) electrons. The molecule has 2 aliphatic heterocycles. The van der Waals surface area contributed by atoms with E-state index in [1.54, 1.807) is 0 Å². The van der Waals surface area contributed by atoms with Gasteiger partial charge in [0.15, 0.2) is 0 Å². The molecule has 8 aromatic carbocycles. The van der Waals surface area contributed by atoms with E-state index in [0.717, 1.165) is 23.5 Å². The van der Waals surface area contributed by atoms with Crippen molar-refractivity contribution >= 4 is 95.0 Å². The molecule has 1 aromatic heterocycles. The van der Waals surface area contributed by atoms with Crippen LogP contribution in [0.5, 0.6) is 0 Å². The summed E-state index contributed by atoms with van der Waals surface area (Å²) >= 11 is 2.04. The van der Waals surface area contributed by atoms with E-state index < -0.39 is 0 Å². The molecule has 76 heavy (non-hydrogen) atoms. The molecular formula is C71H72BN3S. The SMILES string of the molecule is Cc1cc2c3c(c1)N(c1ccc(C(C)(C)C)cc1-c1ccccc1)c1c(sc4cc5c(cc14)C(C)(C)CCC5(C)C)B3c1ccc(N(c3ccccc3)c3ccccc3)cc1N2c1ccc2c(c1)C(C)(C)CCC2(C)C. The minimum Gasteiger partial charge on any atom is -0.311 e. The Balaban J connectivity index is 1.15. The van der Waals surface area contributed by atoms with Crippen molar-refractivity contribution in [2.75, 3.05) is 14.7 Å². The van der Waals surface area contributed by atoms with E-state index in [9.17, 15) is 0 Å². The van der Waals surface area contributed by atoms with Crippen LogP contribution in [0.15, 0.2) is 170 Å². The first kappa shape index (κ1) is 48.8. The summed E-state index contributed by atoms with van der Waals surface area (Å²) < 4.78 is 2.78. The van der Waals surface area contributed by atoms with E-state index in [1.165, 1.54) is 124 Å². The van der Waals surface area contributed by atoms with Gasteiger partial charge in [0.2, 0.25) is 0 Å². The van der Waals surface area contributed by atoms with Gasteiger partial charge in [0.1, 0.15) is 0 Å². The minimum absolute atomic E-state index is 0.0171. The second-order valence-corrected chi connectivity index (χ2v) is 27.5. The van der Waals surface area contributed by atoms with Gasteiger partial charge in [0.05, 0.1) is 11.4 Å². The summed E-state index contributed by atoms with van der Waals surface area (Å²) in [5.74, 6) is 0. The Morgan fingerprint density at radius 2 is 1.04 bits per heavy atom. The van der Waals surface area contributed by atoms with Gasteiger partial charge < -0.3 is 14.7 Å². The van der Waals surface area contributed by atoms with Crippen molar-refractivity contribution in [1.29, 1.82) is 0 Å². The highest BCUT2D eigenvalue weighted by molar-refractivity contribution is 7.33. The number of hydrogen-bond acceptors (Lipinski definition) is 4. The second kappa shape index (κ2) is 17.1. The lowest BCUT2D eigenvalue weighted by Crippen LogP contribution is -2.60. The summed E-state index contributed by atoms with van der Waals surface area (Å²) in [6.45, 7) is 29.1. The fourth-order valence-electron chi connectivity index (χ4n) is 13.7. The van der Waals surface area contributed by atoms with Crippen LogP contribution in [0.1, 0.15) is 135 Å². The molecule has 380 valence electrons. The summed E-state index contributed by atoms with van der Waals surface area (Å²) in [5, 5.41) is 1.36. The quantitative estimate of drug-likeness (QED) is 0.154. The van der Waals surface area contributed by atoms with Gasteiger partial charge in [-0.25, -0.2) is 0 Å². The fourth-order valence-corrected chi connectivity index (χ4v) is 15.0. The molecular weight excluding hydrogens is 938 g/mol. The highest BCUT2D eigenvalue weighted by Gasteiger charge is 2.48. The Morgan fingerprint density at radius 1 is 0.487 bits per heavy atom. The maximum Gasteiger partial charge on any atom is 0.264 e. The summed E-state index contributed by atoms with van der Waals surface area (Å²) in [5.41, 5.74) is 24.8. The Kier molecular flexibility index (Phi) is 11.0. The third kappa shape index (κ3) is 7.65. The lowest BCUT2D eigenvalue weighted by molar-refractivity contribution is 0.332. The number of benzene rings is 8. The standard InChI is InChI=1S/C71H72BN3S/c1-45-38-61-64-62(39-45)75(59-33-28-47(67(2,3)4)40-52(59)46-22-16-13-17-23-46)65-53-43-56-57(71(11,12)37-36-70(56,9)10)44-63(53)76-66(65)72(64)58-32-30-51(73(48-24-18-14-19-25-48)49-26-20-15-21-27-49)42-60(58)74(61)50-29-31-54-55(41-50)69(7,8)35-34-68(54,5)6/h13-33,38-44H,34-37H2,1-12H3. The second-order valence-electron chi connectivity index (χ2n) is 26.4. The molecule has 0 saturated heterocycles. The van der Waals surface area contributed by atoms with Gasteiger partial charge >= 0.3 is 0 Å². The van der Waals surface area contributed by atoms with Crippen molar-refractivity contribution in [3.63, 3.8) is 0 Å². The predicted octanol–water partition coefficient (Wildman–Crippen LogP) is 18.4. The van der Waals surface area contributed by atoms with Crippen LogP contribution < -0.4 is 30.4 Å². The van der Waals surface area contributed by atoms with Gasteiger partial charge in [-0.2, -0.15) is 0 Å². The van der Waals surface area contributed by atoms with Gasteiger partial charge in [0.25, 0.3) is 6.71 Å². The average Bonchev–Trinajstić information content (AvgIpc) is 3.99. The topological polar surface area (TPSA) is 9.72 Å². The molecule has 3 heterocycles. The van der Waals surface area contributed by atoms with Gasteiger partial charge in [-0.3, -0.25) is 0 Å². The molecule has 0 amide bonds. The van der Waals surface area contributed by atoms with Crippen molar-refractivity contribution in [3.8, 4) is 11.1 Å². The number of rotatable bonds is 6. The van der Waals surface area contributed by atoms with E-state index >= 15 is 0 Å². The van der Waals surface area contributed by atoms with Crippen LogP contribution in [0, 0.1) is 6.92 Å².